The van der Waals surface area contributed by atoms with Crippen molar-refractivity contribution >= 4 is 23.4 Å². The van der Waals surface area contributed by atoms with Gasteiger partial charge in [-0.3, -0.25) is 4.79 Å². The fourth-order valence-corrected chi connectivity index (χ4v) is 4.08. The summed E-state index contributed by atoms with van der Waals surface area (Å²) >= 11 is 0.862. The van der Waals surface area contributed by atoms with E-state index in [1.54, 1.807) is 18.2 Å². The van der Waals surface area contributed by atoms with Crippen molar-refractivity contribution in [3.63, 3.8) is 0 Å². The van der Waals surface area contributed by atoms with Crippen molar-refractivity contribution in [2.45, 2.75) is 43.8 Å². The molecule has 0 aliphatic heterocycles. The van der Waals surface area contributed by atoms with Gasteiger partial charge in [0.25, 0.3) is 0 Å². The average molecular weight is 405 g/mol. The third-order valence-corrected chi connectivity index (χ3v) is 5.57. The molecule has 0 atom stereocenters. The number of nitrogens with zero attached hydrogens (tertiary/aromatic N) is 2. The summed E-state index contributed by atoms with van der Waals surface area (Å²) in [4.78, 5) is 16.6. The Bertz CT molecular complexity index is 951. The SMILES string of the molecule is Cc1ccccc1NC(=O)CSc1nc2c(c(C(F)(F)F)c1C#N)CCCC2. The summed E-state index contributed by atoms with van der Waals surface area (Å²) in [5, 5.41) is 12.1. The molecular weight excluding hydrogens is 387 g/mol. The number of carbonyl (C=O) groups excluding carboxylic acids is 1. The van der Waals surface area contributed by atoms with E-state index < -0.39 is 17.3 Å². The number of aryl methyl sites for hydroxylation is 2. The lowest BCUT2D eigenvalue weighted by atomic mass is 9.90. The first-order valence-corrected chi connectivity index (χ1v) is 9.81. The predicted octanol–water partition coefficient (Wildman–Crippen LogP) is 4.89. The summed E-state index contributed by atoms with van der Waals surface area (Å²) in [5.41, 5.74) is 0.666. The highest BCUT2D eigenvalue weighted by Crippen LogP contribution is 2.41. The molecule has 1 amide bonds. The third-order valence-electron chi connectivity index (χ3n) is 4.60. The Morgan fingerprint density at radius 1 is 1.29 bits per heavy atom. The van der Waals surface area contributed by atoms with E-state index in [9.17, 15) is 23.2 Å². The van der Waals surface area contributed by atoms with Crippen LogP contribution in [-0.2, 0) is 23.8 Å². The van der Waals surface area contributed by atoms with Gasteiger partial charge in [-0.1, -0.05) is 30.0 Å². The number of amides is 1. The van der Waals surface area contributed by atoms with E-state index in [1.165, 1.54) is 0 Å². The van der Waals surface area contributed by atoms with Gasteiger partial charge in [0.15, 0.2) is 0 Å². The number of thioether (sulfide) groups is 1. The third kappa shape index (κ3) is 4.30. The molecule has 0 fully saturated rings. The van der Waals surface area contributed by atoms with Crippen LogP contribution in [0.4, 0.5) is 18.9 Å². The van der Waals surface area contributed by atoms with Crippen LogP contribution in [0, 0.1) is 18.3 Å². The van der Waals surface area contributed by atoms with Crippen molar-refractivity contribution in [1.82, 2.24) is 4.98 Å². The smallest absolute Gasteiger partial charge is 0.325 e. The summed E-state index contributed by atoms with van der Waals surface area (Å²) in [6.45, 7) is 1.84. The number of rotatable bonds is 4. The van der Waals surface area contributed by atoms with Gasteiger partial charge in [0.05, 0.1) is 16.9 Å². The Balaban J connectivity index is 1.87. The zero-order chi connectivity index (χ0) is 20.3. The second kappa shape index (κ2) is 8.23. The number of nitriles is 1. The van der Waals surface area contributed by atoms with E-state index in [-0.39, 0.29) is 28.7 Å². The number of nitrogens with one attached hydrogen (secondary N) is 1. The standard InChI is InChI=1S/C20H18F3N3OS/c1-12-6-2-4-8-15(12)25-17(27)11-28-19-14(10-24)18(20(21,22)23)13-7-3-5-9-16(13)26-19/h2,4,6,8H,3,5,7,9,11H2,1H3,(H,25,27). The predicted molar refractivity (Wildman–Crippen MR) is 101 cm³/mol. The van der Waals surface area contributed by atoms with Crippen LogP contribution in [-0.4, -0.2) is 16.6 Å². The van der Waals surface area contributed by atoms with Crippen LogP contribution in [0.1, 0.15) is 40.8 Å². The van der Waals surface area contributed by atoms with Crippen LogP contribution < -0.4 is 5.32 Å². The molecule has 3 rings (SSSR count). The maximum absolute atomic E-state index is 13.7. The van der Waals surface area contributed by atoms with Crippen molar-refractivity contribution in [3.05, 3.63) is 52.2 Å². The van der Waals surface area contributed by atoms with E-state index in [0.29, 0.717) is 24.2 Å². The van der Waals surface area contributed by atoms with E-state index in [4.69, 9.17) is 0 Å². The molecular formula is C20H18F3N3OS. The molecule has 8 heteroatoms. The molecule has 2 aromatic rings. The van der Waals surface area contributed by atoms with Gasteiger partial charge < -0.3 is 5.32 Å². The van der Waals surface area contributed by atoms with Gasteiger partial charge in [-0.2, -0.15) is 18.4 Å². The molecule has 4 nitrogen and oxygen atoms in total. The number of para-hydroxylation sites is 1. The van der Waals surface area contributed by atoms with Crippen molar-refractivity contribution < 1.29 is 18.0 Å². The van der Waals surface area contributed by atoms with Crippen molar-refractivity contribution in [1.29, 1.82) is 5.26 Å². The van der Waals surface area contributed by atoms with E-state index in [2.05, 4.69) is 10.3 Å². The lowest BCUT2D eigenvalue weighted by Crippen LogP contribution is -2.20. The number of anilines is 1. The average Bonchev–Trinajstić information content (AvgIpc) is 2.66. The van der Waals surface area contributed by atoms with Crippen LogP contribution in [0.15, 0.2) is 29.3 Å². The number of benzene rings is 1. The van der Waals surface area contributed by atoms with Gasteiger partial charge in [0.1, 0.15) is 11.1 Å². The van der Waals surface area contributed by atoms with Crippen LogP contribution in [0.3, 0.4) is 0 Å². The molecule has 1 aliphatic rings. The van der Waals surface area contributed by atoms with Crippen LogP contribution in [0.25, 0.3) is 0 Å². The number of aromatic nitrogens is 1. The molecule has 0 saturated heterocycles. The lowest BCUT2D eigenvalue weighted by molar-refractivity contribution is -0.138. The molecule has 28 heavy (non-hydrogen) atoms. The molecule has 1 N–H and O–H groups in total. The highest BCUT2D eigenvalue weighted by Gasteiger charge is 2.40. The Morgan fingerprint density at radius 3 is 2.68 bits per heavy atom. The van der Waals surface area contributed by atoms with Gasteiger partial charge in [-0.25, -0.2) is 4.98 Å². The highest BCUT2D eigenvalue weighted by molar-refractivity contribution is 8.00. The fraction of sp³-hybridized carbons (Fsp3) is 0.350. The van der Waals surface area contributed by atoms with Gasteiger partial charge in [-0.05, 0) is 49.8 Å². The largest absolute Gasteiger partial charge is 0.418 e. The monoisotopic (exact) mass is 405 g/mol. The zero-order valence-electron chi connectivity index (χ0n) is 15.2. The van der Waals surface area contributed by atoms with E-state index in [1.807, 2.05) is 19.1 Å². The van der Waals surface area contributed by atoms with Crippen LogP contribution in [0.5, 0.6) is 0 Å². The first kappa shape index (κ1) is 20.2. The summed E-state index contributed by atoms with van der Waals surface area (Å²) in [6.07, 6.45) is -2.50. The van der Waals surface area contributed by atoms with Gasteiger partial charge in [0.2, 0.25) is 5.91 Å². The Labute approximate surface area is 165 Å². The number of hydrogen-bond acceptors (Lipinski definition) is 4. The molecule has 1 aliphatic carbocycles. The Hall–Kier alpha value is -2.53. The summed E-state index contributed by atoms with van der Waals surface area (Å²) in [5.74, 6) is -0.497. The van der Waals surface area contributed by atoms with Crippen molar-refractivity contribution in [3.8, 4) is 6.07 Å². The molecule has 1 aromatic carbocycles. The molecule has 146 valence electrons. The maximum Gasteiger partial charge on any atom is 0.418 e. The van der Waals surface area contributed by atoms with Crippen LogP contribution >= 0.6 is 11.8 Å². The summed E-state index contributed by atoms with van der Waals surface area (Å²) < 4.78 is 41.0. The molecule has 1 heterocycles. The molecule has 0 bridgehead atoms. The van der Waals surface area contributed by atoms with Gasteiger partial charge in [-0.15, -0.1) is 0 Å². The minimum absolute atomic E-state index is 0.0320. The number of pyridine rings is 1. The molecule has 0 saturated carbocycles. The van der Waals surface area contributed by atoms with E-state index >= 15 is 0 Å². The second-order valence-corrected chi connectivity index (χ2v) is 7.52. The summed E-state index contributed by atoms with van der Waals surface area (Å²) in [7, 11) is 0. The minimum atomic E-state index is -4.63. The zero-order valence-corrected chi connectivity index (χ0v) is 16.0. The first-order chi connectivity index (χ1) is 13.3. The fourth-order valence-electron chi connectivity index (χ4n) is 3.27. The van der Waals surface area contributed by atoms with Crippen molar-refractivity contribution in [2.24, 2.45) is 0 Å². The number of halogens is 3. The molecule has 0 radical (unpaired) electrons. The molecule has 0 spiro atoms. The Kier molecular flexibility index (Phi) is 5.94. The Morgan fingerprint density at radius 2 is 2.00 bits per heavy atom. The quantitative estimate of drug-likeness (QED) is 0.736. The lowest BCUT2D eigenvalue weighted by Gasteiger charge is -2.22. The van der Waals surface area contributed by atoms with E-state index in [0.717, 1.165) is 23.7 Å². The number of hydrogen-bond donors (Lipinski definition) is 1. The summed E-state index contributed by atoms with van der Waals surface area (Å²) in [6, 6.07) is 8.88. The van der Waals surface area contributed by atoms with Gasteiger partial charge >= 0.3 is 6.18 Å². The molecule has 1 aromatic heterocycles. The van der Waals surface area contributed by atoms with Gasteiger partial charge in [0, 0.05) is 11.4 Å². The normalized spacial score (nSPS) is 13.5. The number of carbonyl (C=O) groups is 1. The maximum atomic E-state index is 13.7. The number of alkyl halides is 3. The van der Waals surface area contributed by atoms with Crippen molar-refractivity contribution in [2.75, 3.05) is 11.1 Å². The minimum Gasteiger partial charge on any atom is -0.325 e. The number of fused-ring (bicyclic) bond motifs is 1. The topological polar surface area (TPSA) is 65.8 Å². The van der Waals surface area contributed by atoms with Crippen LogP contribution in [0.2, 0.25) is 0 Å². The first-order valence-electron chi connectivity index (χ1n) is 8.82. The second-order valence-electron chi connectivity index (χ2n) is 6.56. The highest BCUT2D eigenvalue weighted by atomic mass is 32.2. The molecule has 0 unspecified atom stereocenters.